The number of nitrogens with zero attached hydrogens (tertiary/aromatic N) is 2. The quantitative estimate of drug-likeness (QED) is 0.512. The van der Waals surface area contributed by atoms with Gasteiger partial charge in [-0.2, -0.15) is 0 Å². The van der Waals surface area contributed by atoms with Crippen LogP contribution in [-0.2, 0) is 0 Å². The highest BCUT2D eigenvalue weighted by Gasteiger charge is 2.27. The fraction of sp³-hybridized carbons (Fsp3) is 0.158. The van der Waals surface area contributed by atoms with Gasteiger partial charge >= 0.3 is 0 Å². The van der Waals surface area contributed by atoms with Gasteiger partial charge in [0.2, 0.25) is 11.3 Å². The number of hydrogen-bond acceptors (Lipinski definition) is 3. The van der Waals surface area contributed by atoms with Crippen LogP contribution in [-0.4, -0.2) is 9.55 Å². The third kappa shape index (κ3) is 2.27. The van der Waals surface area contributed by atoms with Gasteiger partial charge in [-0.15, -0.1) is 0 Å². The van der Waals surface area contributed by atoms with Crippen LogP contribution in [0.25, 0.3) is 33.5 Å². The molecule has 4 aromatic rings. The van der Waals surface area contributed by atoms with Crippen molar-refractivity contribution in [3.05, 3.63) is 63.7 Å². The van der Waals surface area contributed by atoms with Crippen molar-refractivity contribution in [1.82, 2.24) is 9.55 Å². The molecular weight excluding hydrogens is 343 g/mol. The molecule has 0 unspecified atom stereocenters. The van der Waals surface area contributed by atoms with Gasteiger partial charge in [0, 0.05) is 17.6 Å². The average molecular weight is 355 g/mol. The Labute approximate surface area is 146 Å². The van der Waals surface area contributed by atoms with Crippen molar-refractivity contribution >= 4 is 33.6 Å². The van der Waals surface area contributed by atoms with Crippen LogP contribution in [0.5, 0.6) is 0 Å². The van der Waals surface area contributed by atoms with E-state index in [9.17, 15) is 9.18 Å². The van der Waals surface area contributed by atoms with E-state index in [1.807, 2.05) is 22.8 Å². The predicted molar refractivity (Wildman–Crippen MR) is 94.5 cm³/mol. The molecule has 0 radical (unpaired) electrons. The van der Waals surface area contributed by atoms with Crippen molar-refractivity contribution in [2.24, 2.45) is 0 Å². The van der Waals surface area contributed by atoms with Crippen molar-refractivity contribution in [3.63, 3.8) is 0 Å². The molecule has 124 valence electrons. The van der Waals surface area contributed by atoms with Crippen LogP contribution < -0.4 is 5.43 Å². The van der Waals surface area contributed by atoms with E-state index in [1.54, 1.807) is 12.3 Å². The molecule has 4 nitrogen and oxygen atoms in total. The highest BCUT2D eigenvalue weighted by molar-refractivity contribution is 6.31. The number of para-hydroxylation sites is 2. The molecule has 1 saturated carbocycles. The molecule has 0 amide bonds. The SMILES string of the molecule is O=c1c(-c2nc3ccccc3o2)cn(C2CC2)c2cc(Cl)c(F)cc12. The Bertz CT molecular complexity index is 1170. The first-order chi connectivity index (χ1) is 12.1. The number of oxazole rings is 1. The lowest BCUT2D eigenvalue weighted by molar-refractivity contribution is 0.616. The summed E-state index contributed by atoms with van der Waals surface area (Å²) in [5.74, 6) is -0.360. The lowest BCUT2D eigenvalue weighted by Crippen LogP contribution is -2.12. The Morgan fingerprint density at radius 2 is 2.04 bits per heavy atom. The maximum Gasteiger partial charge on any atom is 0.232 e. The minimum Gasteiger partial charge on any atom is -0.436 e. The molecule has 2 aromatic heterocycles. The van der Waals surface area contributed by atoms with E-state index in [1.165, 1.54) is 12.1 Å². The van der Waals surface area contributed by atoms with Gasteiger partial charge in [-0.3, -0.25) is 4.79 Å². The van der Waals surface area contributed by atoms with Gasteiger partial charge in [0.25, 0.3) is 0 Å². The maximum atomic E-state index is 14.0. The molecule has 0 atom stereocenters. The second kappa shape index (κ2) is 5.17. The summed E-state index contributed by atoms with van der Waals surface area (Å²) >= 11 is 5.93. The zero-order chi connectivity index (χ0) is 17.1. The number of benzene rings is 2. The normalized spacial score (nSPS) is 14.5. The molecule has 0 aliphatic heterocycles. The smallest absolute Gasteiger partial charge is 0.232 e. The van der Waals surface area contributed by atoms with E-state index in [4.69, 9.17) is 16.0 Å². The molecule has 0 saturated heterocycles. The van der Waals surface area contributed by atoms with E-state index in [0.29, 0.717) is 22.2 Å². The van der Waals surface area contributed by atoms with Crippen molar-refractivity contribution in [2.45, 2.75) is 18.9 Å². The summed E-state index contributed by atoms with van der Waals surface area (Å²) in [7, 11) is 0. The number of hydrogen-bond donors (Lipinski definition) is 0. The van der Waals surface area contributed by atoms with Crippen LogP contribution in [0.4, 0.5) is 4.39 Å². The molecule has 0 N–H and O–H groups in total. The molecule has 6 heteroatoms. The van der Waals surface area contributed by atoms with Crippen molar-refractivity contribution < 1.29 is 8.81 Å². The van der Waals surface area contributed by atoms with Crippen LogP contribution in [0.3, 0.4) is 0 Å². The topological polar surface area (TPSA) is 48.0 Å². The van der Waals surface area contributed by atoms with Crippen molar-refractivity contribution in [3.8, 4) is 11.5 Å². The van der Waals surface area contributed by atoms with Crippen LogP contribution in [0, 0.1) is 5.82 Å². The van der Waals surface area contributed by atoms with Crippen molar-refractivity contribution in [2.75, 3.05) is 0 Å². The van der Waals surface area contributed by atoms with Gasteiger partial charge in [0.15, 0.2) is 5.58 Å². The number of halogens is 2. The largest absolute Gasteiger partial charge is 0.436 e. The number of aromatic nitrogens is 2. The lowest BCUT2D eigenvalue weighted by atomic mass is 10.1. The van der Waals surface area contributed by atoms with E-state index in [-0.39, 0.29) is 27.8 Å². The van der Waals surface area contributed by atoms with E-state index in [0.717, 1.165) is 12.8 Å². The van der Waals surface area contributed by atoms with Crippen LogP contribution in [0.15, 0.2) is 51.8 Å². The fourth-order valence-corrected chi connectivity index (χ4v) is 3.30. The number of rotatable bonds is 2. The molecule has 2 aromatic carbocycles. The minimum absolute atomic E-state index is 0.0101. The third-order valence-electron chi connectivity index (χ3n) is 4.54. The zero-order valence-electron chi connectivity index (χ0n) is 13.0. The first kappa shape index (κ1) is 14.7. The van der Waals surface area contributed by atoms with Gasteiger partial charge in [0.1, 0.15) is 16.9 Å². The molecule has 5 rings (SSSR count). The van der Waals surface area contributed by atoms with E-state index in [2.05, 4.69) is 4.98 Å². The average Bonchev–Trinajstić information content (AvgIpc) is 3.35. The summed E-state index contributed by atoms with van der Waals surface area (Å²) in [4.78, 5) is 17.4. The summed E-state index contributed by atoms with van der Waals surface area (Å²) in [5, 5.41) is 0.296. The molecule has 1 fully saturated rings. The van der Waals surface area contributed by atoms with Gasteiger partial charge in [0.05, 0.1) is 10.5 Å². The predicted octanol–water partition coefficient (Wildman–Crippen LogP) is 4.94. The lowest BCUT2D eigenvalue weighted by Gasteiger charge is -2.12. The fourth-order valence-electron chi connectivity index (χ4n) is 3.14. The molecule has 2 heterocycles. The van der Waals surface area contributed by atoms with Crippen molar-refractivity contribution in [1.29, 1.82) is 0 Å². The highest BCUT2D eigenvalue weighted by Crippen LogP contribution is 2.38. The molecule has 25 heavy (non-hydrogen) atoms. The molecule has 0 bridgehead atoms. The first-order valence-electron chi connectivity index (χ1n) is 8.01. The Balaban J connectivity index is 1.85. The summed E-state index contributed by atoms with van der Waals surface area (Å²) in [6.45, 7) is 0. The van der Waals surface area contributed by atoms with Crippen LogP contribution in [0.2, 0.25) is 5.02 Å². The summed E-state index contributed by atoms with van der Waals surface area (Å²) in [5.41, 5.74) is 1.94. The van der Waals surface area contributed by atoms with E-state index >= 15 is 0 Å². The monoisotopic (exact) mass is 354 g/mol. The Hall–Kier alpha value is -2.66. The molecule has 1 aliphatic carbocycles. The minimum atomic E-state index is -0.608. The van der Waals surface area contributed by atoms with E-state index < -0.39 is 5.82 Å². The zero-order valence-corrected chi connectivity index (χ0v) is 13.8. The Morgan fingerprint density at radius 3 is 2.80 bits per heavy atom. The standard InChI is InChI=1S/C19H12ClFN2O2/c20-13-8-16-11(7-14(13)21)18(24)12(9-23(16)10-5-6-10)19-22-15-3-1-2-4-17(15)25-19/h1-4,7-10H,5-6H2. The highest BCUT2D eigenvalue weighted by atomic mass is 35.5. The molecular formula is C19H12ClFN2O2. The summed E-state index contributed by atoms with van der Waals surface area (Å²) in [6, 6.07) is 10.3. The van der Waals surface area contributed by atoms with Gasteiger partial charge < -0.3 is 8.98 Å². The van der Waals surface area contributed by atoms with Gasteiger partial charge in [-0.25, -0.2) is 9.37 Å². The Kier molecular flexibility index (Phi) is 3.03. The van der Waals surface area contributed by atoms with Crippen LogP contribution >= 0.6 is 11.6 Å². The van der Waals surface area contributed by atoms with Crippen LogP contribution in [0.1, 0.15) is 18.9 Å². The summed E-state index contributed by atoms with van der Waals surface area (Å²) in [6.07, 6.45) is 3.78. The number of fused-ring (bicyclic) bond motifs is 2. The van der Waals surface area contributed by atoms with Gasteiger partial charge in [-0.1, -0.05) is 23.7 Å². The Morgan fingerprint density at radius 1 is 1.24 bits per heavy atom. The first-order valence-corrected chi connectivity index (χ1v) is 8.39. The second-order valence-corrected chi connectivity index (χ2v) is 6.69. The maximum absolute atomic E-state index is 14.0. The molecule has 0 spiro atoms. The molecule has 1 aliphatic rings. The number of pyridine rings is 1. The van der Waals surface area contributed by atoms with Gasteiger partial charge in [-0.05, 0) is 37.1 Å². The third-order valence-corrected chi connectivity index (χ3v) is 4.83. The second-order valence-electron chi connectivity index (χ2n) is 6.28. The summed E-state index contributed by atoms with van der Waals surface area (Å²) < 4.78 is 21.7.